The van der Waals surface area contributed by atoms with E-state index in [4.69, 9.17) is 4.98 Å². The Labute approximate surface area is 146 Å². The number of carbonyl (C=O) groups is 1. The van der Waals surface area contributed by atoms with Gasteiger partial charge >= 0.3 is 0 Å². The summed E-state index contributed by atoms with van der Waals surface area (Å²) in [6.07, 6.45) is 5.04. The van der Waals surface area contributed by atoms with Crippen molar-refractivity contribution < 1.29 is 4.79 Å². The number of nitrogens with zero attached hydrogens (tertiary/aromatic N) is 4. The van der Waals surface area contributed by atoms with E-state index in [1.54, 1.807) is 11.3 Å². The predicted octanol–water partition coefficient (Wildman–Crippen LogP) is 3.29. The fourth-order valence-electron chi connectivity index (χ4n) is 4.00. The minimum absolute atomic E-state index is 0.355. The van der Waals surface area contributed by atoms with Crippen LogP contribution in [0.1, 0.15) is 43.5 Å². The van der Waals surface area contributed by atoms with E-state index in [1.807, 2.05) is 6.92 Å². The lowest BCUT2D eigenvalue weighted by Gasteiger charge is -2.40. The second-order valence-corrected chi connectivity index (χ2v) is 7.81. The molecule has 0 radical (unpaired) electrons. The van der Waals surface area contributed by atoms with Crippen LogP contribution >= 0.6 is 11.3 Å². The van der Waals surface area contributed by atoms with Crippen LogP contribution in [0.2, 0.25) is 0 Å². The highest BCUT2D eigenvalue weighted by Gasteiger charge is 2.30. The van der Waals surface area contributed by atoms with Crippen LogP contribution in [-0.4, -0.2) is 46.5 Å². The molecule has 5 nitrogen and oxygen atoms in total. The van der Waals surface area contributed by atoms with Gasteiger partial charge in [-0.1, -0.05) is 0 Å². The van der Waals surface area contributed by atoms with Gasteiger partial charge in [0.25, 0.3) is 0 Å². The number of piperidine rings is 2. The maximum Gasteiger partial charge on any atom is 0.222 e. The first-order valence-electron chi connectivity index (χ1n) is 8.90. The van der Waals surface area contributed by atoms with Crippen molar-refractivity contribution in [3.8, 4) is 0 Å². The minimum atomic E-state index is 0.355. The fraction of sp³-hybridized carbons (Fsp3) is 0.611. The molecule has 0 spiro atoms. The molecule has 4 heterocycles. The Bertz CT molecular complexity index is 764. The topological polar surface area (TPSA) is 49.3 Å². The number of fused-ring (bicyclic) bond motifs is 1. The molecule has 1 amide bonds. The van der Waals surface area contributed by atoms with Gasteiger partial charge in [-0.3, -0.25) is 4.79 Å². The summed E-state index contributed by atoms with van der Waals surface area (Å²) in [7, 11) is 0. The van der Waals surface area contributed by atoms with Crippen LogP contribution in [0.5, 0.6) is 0 Å². The van der Waals surface area contributed by atoms with Gasteiger partial charge in [-0.15, -0.1) is 11.3 Å². The summed E-state index contributed by atoms with van der Waals surface area (Å²) in [5.74, 6) is 2.28. The lowest BCUT2D eigenvalue weighted by atomic mass is 9.99. The number of amides is 1. The fourth-order valence-corrected chi connectivity index (χ4v) is 4.96. The van der Waals surface area contributed by atoms with Gasteiger partial charge in [0.2, 0.25) is 5.91 Å². The summed E-state index contributed by atoms with van der Waals surface area (Å²) in [4.78, 5) is 27.1. The summed E-state index contributed by atoms with van der Waals surface area (Å²) in [6, 6.07) is 0.413. The number of thiophene rings is 1. The molecule has 0 unspecified atom stereocenters. The van der Waals surface area contributed by atoms with Gasteiger partial charge in [0.05, 0.1) is 5.39 Å². The molecular weight excluding hydrogens is 320 g/mol. The van der Waals surface area contributed by atoms with E-state index >= 15 is 0 Å². The van der Waals surface area contributed by atoms with Crippen molar-refractivity contribution in [1.82, 2.24) is 14.9 Å². The Morgan fingerprint density at radius 2 is 1.92 bits per heavy atom. The van der Waals surface area contributed by atoms with Crippen molar-refractivity contribution in [3.05, 3.63) is 16.8 Å². The van der Waals surface area contributed by atoms with E-state index in [9.17, 15) is 4.79 Å². The highest BCUT2D eigenvalue weighted by atomic mass is 32.1. The highest BCUT2D eigenvalue weighted by Crippen LogP contribution is 2.33. The van der Waals surface area contributed by atoms with Crippen LogP contribution in [0.15, 0.2) is 5.38 Å². The number of rotatable bonds is 2. The quantitative estimate of drug-likeness (QED) is 0.839. The molecule has 128 valence electrons. The summed E-state index contributed by atoms with van der Waals surface area (Å²) < 4.78 is 0. The maximum atomic E-state index is 12.2. The van der Waals surface area contributed by atoms with Crippen molar-refractivity contribution in [3.63, 3.8) is 0 Å². The first kappa shape index (κ1) is 15.8. The number of hydrogen-bond donors (Lipinski definition) is 0. The molecule has 2 aromatic rings. The molecule has 0 aliphatic carbocycles. The average molecular weight is 344 g/mol. The second kappa shape index (κ2) is 6.31. The summed E-state index contributed by atoms with van der Waals surface area (Å²) in [6.45, 7) is 6.99. The SMILES string of the molecule is Cc1nc(N2CCC(N3CCCCC3=O)CC2)c2c(C)csc2n1. The van der Waals surface area contributed by atoms with E-state index in [-0.39, 0.29) is 0 Å². The van der Waals surface area contributed by atoms with Gasteiger partial charge in [-0.05, 0) is 50.5 Å². The zero-order valence-corrected chi connectivity index (χ0v) is 15.2. The number of carbonyl (C=O) groups excluding carboxylic acids is 1. The van der Waals surface area contributed by atoms with Gasteiger partial charge in [0.1, 0.15) is 16.5 Å². The van der Waals surface area contributed by atoms with E-state index in [0.717, 1.165) is 68.2 Å². The summed E-state index contributed by atoms with van der Waals surface area (Å²) in [5, 5.41) is 3.37. The predicted molar refractivity (Wildman–Crippen MR) is 97.7 cm³/mol. The number of aryl methyl sites for hydroxylation is 2. The molecule has 2 saturated heterocycles. The number of hydrogen-bond acceptors (Lipinski definition) is 5. The molecule has 0 aromatic carbocycles. The third-order valence-corrected chi connectivity index (χ3v) is 6.27. The van der Waals surface area contributed by atoms with Gasteiger partial charge in [-0.2, -0.15) is 0 Å². The van der Waals surface area contributed by atoms with Crippen LogP contribution in [0.25, 0.3) is 10.2 Å². The normalized spacial score (nSPS) is 20.2. The number of likely N-dealkylation sites (tertiary alicyclic amines) is 1. The van der Waals surface area contributed by atoms with Crippen LogP contribution in [0.4, 0.5) is 5.82 Å². The van der Waals surface area contributed by atoms with Crippen LogP contribution in [-0.2, 0) is 4.79 Å². The van der Waals surface area contributed by atoms with Crippen LogP contribution in [0.3, 0.4) is 0 Å². The molecule has 0 N–H and O–H groups in total. The molecule has 2 aromatic heterocycles. The van der Waals surface area contributed by atoms with E-state index < -0.39 is 0 Å². The smallest absolute Gasteiger partial charge is 0.222 e. The minimum Gasteiger partial charge on any atom is -0.356 e. The van der Waals surface area contributed by atoms with Gasteiger partial charge in [-0.25, -0.2) is 9.97 Å². The summed E-state index contributed by atoms with van der Waals surface area (Å²) in [5.41, 5.74) is 1.26. The molecule has 4 rings (SSSR count). The van der Waals surface area contributed by atoms with E-state index in [1.165, 1.54) is 10.9 Å². The zero-order valence-electron chi connectivity index (χ0n) is 14.4. The van der Waals surface area contributed by atoms with Gasteiger partial charge in [0, 0.05) is 32.1 Å². The Hall–Kier alpha value is -1.69. The average Bonchev–Trinajstić information content (AvgIpc) is 2.96. The molecule has 24 heavy (non-hydrogen) atoms. The monoisotopic (exact) mass is 344 g/mol. The molecule has 0 saturated carbocycles. The summed E-state index contributed by atoms with van der Waals surface area (Å²) >= 11 is 1.70. The number of aromatic nitrogens is 2. The standard InChI is InChI=1S/C18H24N4OS/c1-12-11-24-18-16(12)17(19-13(2)20-18)21-9-6-14(7-10-21)22-8-4-3-5-15(22)23/h11,14H,3-10H2,1-2H3. The van der Waals surface area contributed by atoms with Crippen molar-refractivity contribution >= 4 is 33.3 Å². The van der Waals surface area contributed by atoms with E-state index in [0.29, 0.717) is 11.9 Å². The Morgan fingerprint density at radius 3 is 2.67 bits per heavy atom. The van der Waals surface area contributed by atoms with Crippen molar-refractivity contribution in [1.29, 1.82) is 0 Å². The van der Waals surface area contributed by atoms with Gasteiger partial charge in [0.15, 0.2) is 0 Å². The second-order valence-electron chi connectivity index (χ2n) is 6.96. The Kier molecular flexibility index (Phi) is 4.16. The van der Waals surface area contributed by atoms with Crippen molar-refractivity contribution in [2.24, 2.45) is 0 Å². The molecule has 0 bridgehead atoms. The molecule has 2 aliphatic rings. The van der Waals surface area contributed by atoms with Crippen molar-refractivity contribution in [2.45, 2.75) is 52.0 Å². The van der Waals surface area contributed by atoms with Crippen LogP contribution < -0.4 is 4.90 Å². The third kappa shape index (κ3) is 2.77. The van der Waals surface area contributed by atoms with Gasteiger partial charge < -0.3 is 9.80 Å². The van der Waals surface area contributed by atoms with E-state index in [2.05, 4.69) is 27.1 Å². The highest BCUT2D eigenvalue weighted by molar-refractivity contribution is 7.17. The zero-order chi connectivity index (χ0) is 16.7. The maximum absolute atomic E-state index is 12.2. The molecule has 2 fully saturated rings. The molecule has 6 heteroatoms. The number of anilines is 1. The Morgan fingerprint density at radius 1 is 1.12 bits per heavy atom. The molecule has 2 aliphatic heterocycles. The lowest BCUT2D eigenvalue weighted by molar-refractivity contribution is -0.136. The van der Waals surface area contributed by atoms with Crippen LogP contribution in [0, 0.1) is 13.8 Å². The first-order chi connectivity index (χ1) is 11.6. The van der Waals surface area contributed by atoms with Crippen molar-refractivity contribution in [2.75, 3.05) is 24.5 Å². The third-order valence-electron chi connectivity index (χ3n) is 5.27. The molecular formula is C18H24N4OS. The lowest BCUT2D eigenvalue weighted by Crippen LogP contribution is -2.49. The molecule has 0 atom stereocenters. The Balaban J connectivity index is 1.54. The first-order valence-corrected chi connectivity index (χ1v) is 9.78. The largest absolute Gasteiger partial charge is 0.356 e.